The highest BCUT2D eigenvalue weighted by Gasteiger charge is 2.45. The van der Waals surface area contributed by atoms with Crippen molar-refractivity contribution in [1.29, 1.82) is 0 Å². The van der Waals surface area contributed by atoms with Crippen LogP contribution in [0.5, 0.6) is 0 Å². The van der Waals surface area contributed by atoms with E-state index < -0.39 is 0 Å². The third-order valence-electron chi connectivity index (χ3n) is 5.22. The van der Waals surface area contributed by atoms with E-state index in [1.54, 1.807) is 0 Å². The highest BCUT2D eigenvalue weighted by atomic mass is 16.1. The largest absolute Gasteiger partial charge is 0.299 e. The number of carbonyl (C=O) groups excluding carboxylic acids is 1. The maximum atomic E-state index is 12.0. The van der Waals surface area contributed by atoms with E-state index in [1.165, 1.54) is 51.4 Å². The van der Waals surface area contributed by atoms with Crippen LogP contribution in [0.4, 0.5) is 0 Å². The zero-order valence-electron chi connectivity index (χ0n) is 9.58. The van der Waals surface area contributed by atoms with Crippen molar-refractivity contribution in [3.63, 3.8) is 0 Å². The lowest BCUT2D eigenvalue weighted by Crippen LogP contribution is -2.31. The summed E-state index contributed by atoms with van der Waals surface area (Å²) in [5, 5.41) is 0. The van der Waals surface area contributed by atoms with Crippen LogP contribution in [0.25, 0.3) is 0 Å². The van der Waals surface area contributed by atoms with Gasteiger partial charge in [0.15, 0.2) is 0 Å². The molecule has 3 aliphatic rings. The number of carbonyl (C=O) groups is 1. The molecule has 0 aromatic heterocycles. The monoisotopic (exact) mass is 206 g/mol. The maximum absolute atomic E-state index is 12.0. The number of hydrogen-bond acceptors (Lipinski definition) is 1. The molecule has 0 saturated heterocycles. The minimum Gasteiger partial charge on any atom is -0.299 e. The molecule has 0 amide bonds. The molecule has 1 nitrogen and oxygen atoms in total. The van der Waals surface area contributed by atoms with Crippen LogP contribution in [0.1, 0.15) is 57.8 Å². The molecule has 3 rings (SSSR count). The average Bonchev–Trinajstić information content (AvgIpc) is 2.85. The number of Topliss-reactive ketones (excluding diaryl/α,β-unsaturated/α-hetero) is 1. The second kappa shape index (κ2) is 3.92. The van der Waals surface area contributed by atoms with Gasteiger partial charge in [0, 0.05) is 12.3 Å². The number of rotatable bonds is 1. The lowest BCUT2D eigenvalue weighted by Gasteiger charge is -2.31. The van der Waals surface area contributed by atoms with Crippen molar-refractivity contribution in [2.24, 2.45) is 23.7 Å². The van der Waals surface area contributed by atoms with Crippen molar-refractivity contribution in [3.05, 3.63) is 0 Å². The summed E-state index contributed by atoms with van der Waals surface area (Å²) in [4.78, 5) is 12.0. The normalized spacial score (nSPS) is 42.1. The molecular weight excluding hydrogens is 184 g/mol. The van der Waals surface area contributed by atoms with Crippen molar-refractivity contribution >= 4 is 5.78 Å². The summed E-state index contributed by atoms with van der Waals surface area (Å²) in [6.07, 6.45) is 11.8. The van der Waals surface area contributed by atoms with E-state index in [1.807, 2.05) is 0 Å². The molecule has 0 aromatic carbocycles. The zero-order valence-corrected chi connectivity index (χ0v) is 9.58. The molecule has 3 saturated carbocycles. The van der Waals surface area contributed by atoms with Gasteiger partial charge < -0.3 is 0 Å². The highest BCUT2D eigenvalue weighted by Crippen LogP contribution is 2.50. The summed E-state index contributed by atoms with van der Waals surface area (Å²) in [6, 6.07) is 0. The summed E-state index contributed by atoms with van der Waals surface area (Å²) in [5.74, 6) is 3.63. The second-order valence-electron chi connectivity index (χ2n) is 5.93. The van der Waals surface area contributed by atoms with Gasteiger partial charge in [0.2, 0.25) is 0 Å². The van der Waals surface area contributed by atoms with E-state index in [0.29, 0.717) is 11.7 Å². The molecule has 84 valence electrons. The molecule has 0 spiro atoms. The van der Waals surface area contributed by atoms with E-state index in [9.17, 15) is 4.79 Å². The molecule has 3 unspecified atom stereocenters. The first-order valence-electron chi connectivity index (χ1n) is 6.89. The molecule has 1 heteroatoms. The van der Waals surface area contributed by atoms with Crippen LogP contribution < -0.4 is 0 Å². The molecule has 15 heavy (non-hydrogen) atoms. The minimum absolute atomic E-state index is 0.502. The Bertz CT molecular complexity index is 252. The molecular formula is C14H22O. The van der Waals surface area contributed by atoms with Crippen molar-refractivity contribution in [2.75, 3.05) is 0 Å². The first kappa shape index (κ1) is 9.86. The van der Waals surface area contributed by atoms with Crippen molar-refractivity contribution < 1.29 is 4.79 Å². The Morgan fingerprint density at radius 1 is 0.800 bits per heavy atom. The maximum Gasteiger partial charge on any atom is 0.136 e. The average molecular weight is 206 g/mol. The summed E-state index contributed by atoms with van der Waals surface area (Å²) >= 11 is 0. The van der Waals surface area contributed by atoms with Gasteiger partial charge >= 0.3 is 0 Å². The summed E-state index contributed by atoms with van der Waals surface area (Å²) in [7, 11) is 0. The lowest BCUT2D eigenvalue weighted by atomic mass is 9.73. The molecule has 0 aromatic rings. The van der Waals surface area contributed by atoms with Crippen LogP contribution in [0.15, 0.2) is 0 Å². The van der Waals surface area contributed by atoms with Gasteiger partial charge in [0.25, 0.3) is 0 Å². The van der Waals surface area contributed by atoms with Crippen LogP contribution in [0, 0.1) is 23.7 Å². The Labute approximate surface area is 92.6 Å². The molecule has 0 heterocycles. The smallest absolute Gasteiger partial charge is 0.136 e. The molecule has 0 radical (unpaired) electrons. The van der Waals surface area contributed by atoms with E-state index in [-0.39, 0.29) is 0 Å². The number of ketones is 1. The van der Waals surface area contributed by atoms with E-state index in [0.717, 1.165) is 24.2 Å². The second-order valence-corrected chi connectivity index (χ2v) is 5.93. The fourth-order valence-electron chi connectivity index (χ4n) is 4.56. The Kier molecular flexibility index (Phi) is 2.58. The van der Waals surface area contributed by atoms with Crippen LogP contribution in [0.3, 0.4) is 0 Å². The van der Waals surface area contributed by atoms with Gasteiger partial charge in [0.1, 0.15) is 5.78 Å². The van der Waals surface area contributed by atoms with Gasteiger partial charge in [-0.15, -0.1) is 0 Å². The van der Waals surface area contributed by atoms with Gasteiger partial charge in [-0.05, 0) is 43.4 Å². The fraction of sp³-hybridized carbons (Fsp3) is 0.929. The van der Waals surface area contributed by atoms with Crippen LogP contribution in [-0.4, -0.2) is 5.78 Å². The molecule has 0 N–H and O–H groups in total. The Balaban J connectivity index is 1.76. The molecule has 3 aliphatic carbocycles. The minimum atomic E-state index is 0.502. The lowest BCUT2D eigenvalue weighted by molar-refractivity contribution is -0.127. The third-order valence-corrected chi connectivity index (χ3v) is 5.22. The molecule has 3 fully saturated rings. The van der Waals surface area contributed by atoms with Gasteiger partial charge in [-0.25, -0.2) is 0 Å². The van der Waals surface area contributed by atoms with Crippen LogP contribution in [-0.2, 0) is 4.79 Å². The standard InChI is InChI=1S/C14H22O/c15-13-7-3-6-11-8-9-12(14(11)13)10-4-1-2-5-10/h10-12,14H,1-9H2. The Hall–Kier alpha value is -0.330. The third kappa shape index (κ3) is 1.64. The van der Waals surface area contributed by atoms with E-state index >= 15 is 0 Å². The first-order valence-corrected chi connectivity index (χ1v) is 6.89. The Morgan fingerprint density at radius 3 is 2.33 bits per heavy atom. The molecule has 0 aliphatic heterocycles. The van der Waals surface area contributed by atoms with Crippen LogP contribution >= 0.6 is 0 Å². The van der Waals surface area contributed by atoms with Gasteiger partial charge in [-0.2, -0.15) is 0 Å². The number of fused-ring (bicyclic) bond motifs is 1. The number of hydrogen-bond donors (Lipinski definition) is 0. The van der Waals surface area contributed by atoms with Crippen molar-refractivity contribution in [3.8, 4) is 0 Å². The first-order chi connectivity index (χ1) is 7.36. The van der Waals surface area contributed by atoms with Gasteiger partial charge in [-0.3, -0.25) is 4.79 Å². The van der Waals surface area contributed by atoms with Gasteiger partial charge in [-0.1, -0.05) is 25.7 Å². The fourth-order valence-corrected chi connectivity index (χ4v) is 4.56. The predicted octanol–water partition coefficient (Wildman–Crippen LogP) is 3.57. The van der Waals surface area contributed by atoms with Crippen molar-refractivity contribution in [2.45, 2.75) is 57.8 Å². The summed E-state index contributed by atoms with van der Waals surface area (Å²) in [5.41, 5.74) is 0. The Morgan fingerprint density at radius 2 is 1.53 bits per heavy atom. The SMILES string of the molecule is O=C1CCCC2CCC(C3CCCC3)C12. The van der Waals surface area contributed by atoms with E-state index in [2.05, 4.69) is 0 Å². The van der Waals surface area contributed by atoms with E-state index in [4.69, 9.17) is 0 Å². The van der Waals surface area contributed by atoms with Crippen LogP contribution in [0.2, 0.25) is 0 Å². The van der Waals surface area contributed by atoms with Gasteiger partial charge in [0.05, 0.1) is 0 Å². The highest BCUT2D eigenvalue weighted by molar-refractivity contribution is 5.82. The topological polar surface area (TPSA) is 17.1 Å². The summed E-state index contributed by atoms with van der Waals surface area (Å²) < 4.78 is 0. The van der Waals surface area contributed by atoms with Crippen molar-refractivity contribution in [1.82, 2.24) is 0 Å². The molecule has 0 bridgehead atoms. The quantitative estimate of drug-likeness (QED) is 0.641. The zero-order chi connectivity index (χ0) is 10.3. The predicted molar refractivity (Wildman–Crippen MR) is 60.5 cm³/mol. The summed E-state index contributed by atoms with van der Waals surface area (Å²) in [6.45, 7) is 0. The molecule has 3 atom stereocenters.